The van der Waals surface area contributed by atoms with Crippen molar-refractivity contribution in [2.45, 2.75) is 65.0 Å². The minimum Gasteiger partial charge on any atom is -0.308 e. The Hall–Kier alpha value is -0.890. The van der Waals surface area contributed by atoms with Crippen LogP contribution in [0.2, 0.25) is 0 Å². The van der Waals surface area contributed by atoms with Crippen molar-refractivity contribution < 1.29 is 4.39 Å². The largest absolute Gasteiger partial charge is 0.308 e. The molecule has 0 heterocycles. The summed E-state index contributed by atoms with van der Waals surface area (Å²) in [5.41, 5.74) is 0.762. The van der Waals surface area contributed by atoms with Crippen LogP contribution in [0.5, 0.6) is 0 Å². The molecule has 1 aromatic carbocycles. The Morgan fingerprint density at radius 1 is 1.11 bits per heavy atom. The quantitative estimate of drug-likeness (QED) is 0.652. The molecule has 2 atom stereocenters. The monoisotopic (exact) mass is 251 g/mol. The third-order valence-electron chi connectivity index (χ3n) is 3.40. The second-order valence-electron chi connectivity index (χ2n) is 5.16. The van der Waals surface area contributed by atoms with Crippen molar-refractivity contribution in [1.82, 2.24) is 5.32 Å². The van der Waals surface area contributed by atoms with Crippen LogP contribution in [-0.2, 0) is 0 Å². The van der Waals surface area contributed by atoms with Crippen LogP contribution < -0.4 is 5.32 Å². The molecule has 0 saturated heterocycles. The molecule has 0 radical (unpaired) electrons. The van der Waals surface area contributed by atoms with E-state index in [9.17, 15) is 4.39 Å². The van der Waals surface area contributed by atoms with Crippen LogP contribution in [0.4, 0.5) is 4.39 Å². The number of hydrogen-bond donors (Lipinski definition) is 1. The maximum atomic E-state index is 13.6. The van der Waals surface area contributed by atoms with E-state index in [-0.39, 0.29) is 11.9 Å². The zero-order chi connectivity index (χ0) is 13.4. The molecule has 1 nitrogen and oxygen atoms in total. The highest BCUT2D eigenvalue weighted by Crippen LogP contribution is 2.17. The van der Waals surface area contributed by atoms with Crippen LogP contribution in [-0.4, -0.2) is 6.04 Å². The van der Waals surface area contributed by atoms with E-state index in [0.717, 1.165) is 5.56 Å². The lowest BCUT2D eigenvalue weighted by molar-refractivity contribution is 0.428. The Labute approximate surface area is 111 Å². The van der Waals surface area contributed by atoms with Crippen LogP contribution in [0, 0.1) is 5.82 Å². The summed E-state index contributed by atoms with van der Waals surface area (Å²) in [5, 5.41) is 3.47. The summed E-state index contributed by atoms with van der Waals surface area (Å²) in [7, 11) is 0. The Bertz CT molecular complexity index is 338. The van der Waals surface area contributed by atoms with Crippen LogP contribution in [0.3, 0.4) is 0 Å². The van der Waals surface area contributed by atoms with Crippen molar-refractivity contribution in [3.05, 3.63) is 35.6 Å². The van der Waals surface area contributed by atoms with Gasteiger partial charge in [-0.25, -0.2) is 4.39 Å². The molecular formula is C16H26FN. The lowest BCUT2D eigenvalue weighted by atomic mass is 10.0. The summed E-state index contributed by atoms with van der Waals surface area (Å²) in [4.78, 5) is 0. The highest BCUT2D eigenvalue weighted by atomic mass is 19.1. The van der Waals surface area contributed by atoms with Gasteiger partial charge in [0, 0.05) is 17.6 Å². The summed E-state index contributed by atoms with van der Waals surface area (Å²) >= 11 is 0. The van der Waals surface area contributed by atoms with Crippen LogP contribution in [0.25, 0.3) is 0 Å². The first-order valence-corrected chi connectivity index (χ1v) is 7.15. The predicted octanol–water partition coefficient (Wildman–Crippen LogP) is 4.84. The normalized spacial score (nSPS) is 14.4. The van der Waals surface area contributed by atoms with Crippen molar-refractivity contribution in [1.29, 1.82) is 0 Å². The van der Waals surface area contributed by atoms with Gasteiger partial charge in [-0.2, -0.15) is 0 Å². The average molecular weight is 251 g/mol. The number of rotatable bonds is 8. The van der Waals surface area contributed by atoms with E-state index in [1.165, 1.54) is 38.2 Å². The fourth-order valence-corrected chi connectivity index (χ4v) is 2.30. The fraction of sp³-hybridized carbons (Fsp3) is 0.625. The Balaban J connectivity index is 2.35. The van der Waals surface area contributed by atoms with E-state index >= 15 is 0 Å². The van der Waals surface area contributed by atoms with Gasteiger partial charge >= 0.3 is 0 Å². The molecule has 0 aliphatic carbocycles. The summed E-state index contributed by atoms with van der Waals surface area (Å²) in [6.07, 6.45) is 6.31. The van der Waals surface area contributed by atoms with E-state index in [0.29, 0.717) is 6.04 Å². The summed E-state index contributed by atoms with van der Waals surface area (Å²) in [6.45, 7) is 6.44. The number of unbranched alkanes of at least 4 members (excludes halogenated alkanes) is 3. The van der Waals surface area contributed by atoms with Crippen molar-refractivity contribution in [3.8, 4) is 0 Å². The molecule has 1 N–H and O–H groups in total. The number of benzene rings is 1. The van der Waals surface area contributed by atoms with Gasteiger partial charge < -0.3 is 5.32 Å². The number of hydrogen-bond acceptors (Lipinski definition) is 1. The van der Waals surface area contributed by atoms with E-state index in [2.05, 4.69) is 19.2 Å². The Kier molecular flexibility index (Phi) is 6.96. The highest BCUT2D eigenvalue weighted by molar-refractivity contribution is 5.20. The van der Waals surface area contributed by atoms with Crippen LogP contribution in [0.15, 0.2) is 24.3 Å². The molecule has 0 spiro atoms. The van der Waals surface area contributed by atoms with Crippen molar-refractivity contribution in [2.24, 2.45) is 0 Å². The minimum atomic E-state index is -0.115. The van der Waals surface area contributed by atoms with E-state index < -0.39 is 0 Å². The topological polar surface area (TPSA) is 12.0 Å². The van der Waals surface area contributed by atoms with Gasteiger partial charge in [0.05, 0.1) is 0 Å². The first kappa shape index (κ1) is 15.2. The molecule has 0 amide bonds. The van der Waals surface area contributed by atoms with Gasteiger partial charge in [-0.05, 0) is 26.3 Å². The van der Waals surface area contributed by atoms with Gasteiger partial charge in [0.2, 0.25) is 0 Å². The Morgan fingerprint density at radius 3 is 2.50 bits per heavy atom. The molecular weight excluding hydrogens is 225 g/mol. The van der Waals surface area contributed by atoms with Gasteiger partial charge in [0.25, 0.3) is 0 Å². The maximum absolute atomic E-state index is 13.6. The van der Waals surface area contributed by atoms with Gasteiger partial charge in [0.1, 0.15) is 5.82 Å². The number of halogens is 1. The molecule has 1 unspecified atom stereocenters. The third kappa shape index (κ3) is 5.18. The highest BCUT2D eigenvalue weighted by Gasteiger charge is 2.12. The molecule has 0 aliphatic rings. The van der Waals surface area contributed by atoms with Gasteiger partial charge in [-0.15, -0.1) is 0 Å². The first-order chi connectivity index (χ1) is 8.65. The third-order valence-corrected chi connectivity index (χ3v) is 3.40. The van der Waals surface area contributed by atoms with E-state index in [4.69, 9.17) is 0 Å². The molecule has 0 aliphatic heterocycles. The zero-order valence-electron chi connectivity index (χ0n) is 11.9. The smallest absolute Gasteiger partial charge is 0.127 e. The maximum Gasteiger partial charge on any atom is 0.127 e. The lowest BCUT2D eigenvalue weighted by Gasteiger charge is -2.20. The molecule has 0 aromatic heterocycles. The van der Waals surface area contributed by atoms with Crippen molar-refractivity contribution in [2.75, 3.05) is 0 Å². The van der Waals surface area contributed by atoms with Gasteiger partial charge in [-0.3, -0.25) is 0 Å². The summed E-state index contributed by atoms with van der Waals surface area (Å²) < 4.78 is 13.6. The lowest BCUT2D eigenvalue weighted by Crippen LogP contribution is -2.29. The van der Waals surface area contributed by atoms with E-state index in [1.54, 1.807) is 6.07 Å². The Morgan fingerprint density at radius 2 is 1.83 bits per heavy atom. The fourth-order valence-electron chi connectivity index (χ4n) is 2.30. The summed E-state index contributed by atoms with van der Waals surface area (Å²) in [6, 6.07) is 7.53. The molecule has 1 rings (SSSR count). The molecule has 0 fully saturated rings. The van der Waals surface area contributed by atoms with Gasteiger partial charge in [0.15, 0.2) is 0 Å². The van der Waals surface area contributed by atoms with Gasteiger partial charge in [-0.1, -0.05) is 50.8 Å². The predicted molar refractivity (Wildman–Crippen MR) is 76.2 cm³/mol. The van der Waals surface area contributed by atoms with Crippen LogP contribution in [0.1, 0.15) is 64.5 Å². The minimum absolute atomic E-state index is 0.0763. The molecule has 18 heavy (non-hydrogen) atoms. The zero-order valence-corrected chi connectivity index (χ0v) is 11.9. The van der Waals surface area contributed by atoms with Crippen molar-refractivity contribution >= 4 is 0 Å². The van der Waals surface area contributed by atoms with E-state index in [1.807, 2.05) is 19.1 Å². The molecule has 2 heteroatoms. The number of nitrogens with one attached hydrogen (secondary N) is 1. The molecule has 102 valence electrons. The second-order valence-corrected chi connectivity index (χ2v) is 5.16. The standard InChI is InChI=1S/C16H26FN/c1-4-5-6-7-10-13(2)18-14(3)15-11-8-9-12-16(15)17/h8-9,11-14,18H,4-7,10H2,1-3H3/t13?,14-/m1/s1. The second kappa shape index (κ2) is 8.25. The van der Waals surface area contributed by atoms with Crippen LogP contribution >= 0.6 is 0 Å². The first-order valence-electron chi connectivity index (χ1n) is 7.15. The average Bonchev–Trinajstić information content (AvgIpc) is 2.35. The molecule has 0 saturated carbocycles. The molecule has 0 bridgehead atoms. The molecule has 1 aromatic rings. The summed E-state index contributed by atoms with van der Waals surface area (Å²) in [5.74, 6) is -0.115. The van der Waals surface area contributed by atoms with Crippen molar-refractivity contribution in [3.63, 3.8) is 0 Å². The SMILES string of the molecule is CCCCCCC(C)N[C@H](C)c1ccccc1F.